The Labute approximate surface area is 128 Å². The average molecular weight is 301 g/mol. The summed E-state index contributed by atoms with van der Waals surface area (Å²) in [4.78, 5) is 15.5. The van der Waals surface area contributed by atoms with Crippen molar-refractivity contribution in [3.8, 4) is 5.75 Å². The quantitative estimate of drug-likeness (QED) is 0.849. The first-order chi connectivity index (χ1) is 9.90. The van der Waals surface area contributed by atoms with Crippen molar-refractivity contribution in [3.05, 3.63) is 46.2 Å². The lowest BCUT2D eigenvalue weighted by molar-refractivity contribution is 0.0958. The van der Waals surface area contributed by atoms with Gasteiger partial charge in [0.05, 0.1) is 4.88 Å². The van der Waals surface area contributed by atoms with Crippen molar-refractivity contribution in [3.63, 3.8) is 0 Å². The molecule has 1 atom stereocenters. The lowest BCUT2D eigenvalue weighted by Crippen LogP contribution is -2.51. The molecule has 0 fully saturated rings. The van der Waals surface area contributed by atoms with Crippen molar-refractivity contribution in [2.75, 3.05) is 4.90 Å². The number of benzene rings is 1. The molecule has 110 valence electrons. The highest BCUT2D eigenvalue weighted by Gasteiger charge is 2.40. The molecule has 4 heteroatoms. The minimum absolute atomic E-state index is 0.0360. The van der Waals surface area contributed by atoms with E-state index in [1.54, 1.807) is 12.1 Å². The number of thiophene rings is 1. The predicted octanol–water partition coefficient (Wildman–Crippen LogP) is 4.39. The molecule has 1 unspecified atom stereocenters. The van der Waals surface area contributed by atoms with Crippen molar-refractivity contribution >= 4 is 22.9 Å². The molecule has 2 heterocycles. The van der Waals surface area contributed by atoms with E-state index in [1.165, 1.54) is 11.3 Å². The molecule has 1 amide bonds. The number of fused-ring (bicyclic) bond motifs is 1. The second-order valence-electron chi connectivity index (χ2n) is 6.28. The van der Waals surface area contributed by atoms with Crippen molar-refractivity contribution in [1.29, 1.82) is 0 Å². The van der Waals surface area contributed by atoms with Gasteiger partial charge in [-0.05, 0) is 61.4 Å². The highest BCUT2D eigenvalue weighted by molar-refractivity contribution is 7.12. The Hall–Kier alpha value is -1.81. The van der Waals surface area contributed by atoms with E-state index in [2.05, 4.69) is 20.8 Å². The molecule has 3 rings (SSSR count). The first kappa shape index (κ1) is 14.1. The van der Waals surface area contributed by atoms with Crippen LogP contribution in [0.3, 0.4) is 0 Å². The molecule has 3 nitrogen and oxygen atoms in total. The van der Waals surface area contributed by atoms with Gasteiger partial charge in [-0.1, -0.05) is 13.0 Å². The van der Waals surface area contributed by atoms with Crippen LogP contribution in [0, 0.1) is 0 Å². The molecule has 0 radical (unpaired) electrons. The first-order valence-corrected chi connectivity index (χ1v) is 7.99. The molecule has 0 bridgehead atoms. The second-order valence-corrected chi connectivity index (χ2v) is 7.23. The molecule has 21 heavy (non-hydrogen) atoms. The Morgan fingerprint density at radius 3 is 2.81 bits per heavy atom. The van der Waals surface area contributed by atoms with Crippen LogP contribution in [0.2, 0.25) is 0 Å². The van der Waals surface area contributed by atoms with Crippen LogP contribution in [0.5, 0.6) is 5.75 Å². The van der Waals surface area contributed by atoms with Gasteiger partial charge in [0, 0.05) is 11.2 Å². The van der Waals surface area contributed by atoms with E-state index in [0.717, 1.165) is 22.5 Å². The zero-order chi connectivity index (χ0) is 15.2. The van der Waals surface area contributed by atoms with E-state index in [1.807, 2.05) is 28.5 Å². The number of carbonyl (C=O) groups is 1. The summed E-state index contributed by atoms with van der Waals surface area (Å²) in [6.45, 7) is 6.35. The van der Waals surface area contributed by atoms with Crippen LogP contribution in [0.15, 0.2) is 35.7 Å². The molecule has 1 N–H and O–H groups in total. The third-order valence-electron chi connectivity index (χ3n) is 4.13. The zero-order valence-electron chi connectivity index (χ0n) is 12.5. The number of nitrogens with zero attached hydrogens (tertiary/aromatic N) is 1. The lowest BCUT2D eigenvalue weighted by atomic mass is 9.80. The fourth-order valence-electron chi connectivity index (χ4n) is 3.31. The maximum absolute atomic E-state index is 12.9. The van der Waals surface area contributed by atoms with E-state index < -0.39 is 0 Å². The molecule has 1 aliphatic rings. The van der Waals surface area contributed by atoms with Gasteiger partial charge in [-0.2, -0.15) is 0 Å². The number of hydrogen-bond donors (Lipinski definition) is 1. The standard InChI is InChI=1S/C17H19NO2S/c1-11-10-17(2,3)18(16(20)15-5-4-8-21-15)14-7-6-12(19)9-13(11)14/h4-9,11,19H,10H2,1-3H3. The van der Waals surface area contributed by atoms with Crippen LogP contribution in [0.1, 0.15) is 48.3 Å². The van der Waals surface area contributed by atoms with Crippen molar-refractivity contribution in [2.24, 2.45) is 0 Å². The number of rotatable bonds is 1. The summed E-state index contributed by atoms with van der Waals surface area (Å²) in [5.41, 5.74) is 1.71. The van der Waals surface area contributed by atoms with E-state index >= 15 is 0 Å². The number of hydrogen-bond acceptors (Lipinski definition) is 3. The zero-order valence-corrected chi connectivity index (χ0v) is 13.3. The number of phenolic OH excluding ortho intramolecular Hbond substituents is 1. The van der Waals surface area contributed by atoms with E-state index in [0.29, 0.717) is 5.92 Å². The average Bonchev–Trinajstić information content (AvgIpc) is 2.92. The van der Waals surface area contributed by atoms with Crippen LogP contribution in [0.25, 0.3) is 0 Å². The van der Waals surface area contributed by atoms with Gasteiger partial charge in [0.15, 0.2) is 0 Å². The van der Waals surface area contributed by atoms with Crippen molar-refractivity contribution < 1.29 is 9.90 Å². The Balaban J connectivity index is 2.14. The third kappa shape index (κ3) is 2.33. The summed E-state index contributed by atoms with van der Waals surface area (Å²) in [7, 11) is 0. The van der Waals surface area contributed by atoms with Gasteiger partial charge in [0.1, 0.15) is 5.75 Å². The van der Waals surface area contributed by atoms with Gasteiger partial charge in [-0.3, -0.25) is 4.79 Å². The third-order valence-corrected chi connectivity index (χ3v) is 4.99. The Kier molecular flexibility index (Phi) is 3.29. The molecule has 0 saturated carbocycles. The summed E-state index contributed by atoms with van der Waals surface area (Å²) in [5, 5.41) is 11.7. The van der Waals surface area contributed by atoms with Crippen LogP contribution >= 0.6 is 11.3 Å². The normalized spacial score (nSPS) is 20.1. The van der Waals surface area contributed by atoms with Crippen LogP contribution < -0.4 is 4.90 Å². The summed E-state index contributed by atoms with van der Waals surface area (Å²) < 4.78 is 0. The largest absolute Gasteiger partial charge is 0.508 e. The molecule has 1 aromatic carbocycles. The second kappa shape index (κ2) is 4.88. The maximum atomic E-state index is 12.9. The van der Waals surface area contributed by atoms with Gasteiger partial charge in [0.2, 0.25) is 0 Å². The molecule has 0 aliphatic carbocycles. The Morgan fingerprint density at radius 1 is 1.38 bits per heavy atom. The van der Waals surface area contributed by atoms with Gasteiger partial charge >= 0.3 is 0 Å². The maximum Gasteiger partial charge on any atom is 0.268 e. The first-order valence-electron chi connectivity index (χ1n) is 7.11. The molecular formula is C17H19NO2S. The van der Waals surface area contributed by atoms with Crippen molar-refractivity contribution in [1.82, 2.24) is 0 Å². The van der Waals surface area contributed by atoms with Gasteiger partial charge < -0.3 is 10.0 Å². The number of anilines is 1. The molecule has 0 spiro atoms. The summed E-state index contributed by atoms with van der Waals surface area (Å²) in [6, 6.07) is 9.05. The number of phenols is 1. The fraction of sp³-hybridized carbons (Fsp3) is 0.353. The summed E-state index contributed by atoms with van der Waals surface area (Å²) in [5.74, 6) is 0.604. The molecule has 1 aliphatic heterocycles. The highest BCUT2D eigenvalue weighted by Crippen LogP contribution is 2.45. The monoisotopic (exact) mass is 301 g/mol. The van der Waals surface area contributed by atoms with Crippen LogP contribution in [-0.2, 0) is 0 Å². The summed E-state index contributed by atoms with van der Waals surface area (Å²) in [6.07, 6.45) is 0.876. The van der Waals surface area contributed by atoms with E-state index in [4.69, 9.17) is 0 Å². The smallest absolute Gasteiger partial charge is 0.268 e. The molecule has 2 aromatic rings. The Morgan fingerprint density at radius 2 is 2.14 bits per heavy atom. The van der Waals surface area contributed by atoms with Gasteiger partial charge in [-0.15, -0.1) is 11.3 Å². The number of carbonyl (C=O) groups excluding carboxylic acids is 1. The minimum Gasteiger partial charge on any atom is -0.508 e. The topological polar surface area (TPSA) is 40.5 Å². The van der Waals surface area contributed by atoms with Crippen LogP contribution in [-0.4, -0.2) is 16.6 Å². The van der Waals surface area contributed by atoms with E-state index in [9.17, 15) is 9.90 Å². The molecule has 1 aromatic heterocycles. The summed E-state index contributed by atoms with van der Waals surface area (Å²) >= 11 is 1.46. The molecule has 0 saturated heterocycles. The Bertz CT molecular complexity index is 676. The number of amides is 1. The van der Waals surface area contributed by atoms with E-state index in [-0.39, 0.29) is 17.2 Å². The van der Waals surface area contributed by atoms with Crippen LogP contribution in [0.4, 0.5) is 5.69 Å². The highest BCUT2D eigenvalue weighted by atomic mass is 32.1. The molecular weight excluding hydrogens is 282 g/mol. The van der Waals surface area contributed by atoms with Crippen molar-refractivity contribution in [2.45, 2.75) is 38.6 Å². The lowest BCUT2D eigenvalue weighted by Gasteiger charge is -2.45. The SMILES string of the molecule is CC1CC(C)(C)N(C(=O)c2cccs2)c2ccc(O)cc21. The predicted molar refractivity (Wildman–Crippen MR) is 86.3 cm³/mol. The van der Waals surface area contributed by atoms with Gasteiger partial charge in [-0.25, -0.2) is 0 Å². The van der Waals surface area contributed by atoms with Gasteiger partial charge in [0.25, 0.3) is 5.91 Å². The fourth-order valence-corrected chi connectivity index (χ4v) is 3.96. The number of aromatic hydroxyl groups is 1. The minimum atomic E-state index is -0.246.